The highest BCUT2D eigenvalue weighted by molar-refractivity contribution is 5.80. The van der Waals surface area contributed by atoms with Crippen molar-refractivity contribution in [3.8, 4) is 6.07 Å². The molecule has 1 fully saturated rings. The molecule has 0 aromatic carbocycles. The number of ether oxygens (including phenoxy) is 1. The maximum Gasteiger partial charge on any atom is 0.251 e. The minimum Gasteiger partial charge on any atom is -0.368 e. The van der Waals surface area contributed by atoms with Gasteiger partial charge in [0.15, 0.2) is 0 Å². The Balaban J connectivity index is 2.36. The van der Waals surface area contributed by atoms with Crippen LogP contribution in [0.1, 0.15) is 19.3 Å². The highest BCUT2D eigenvalue weighted by atomic mass is 16.5. The van der Waals surface area contributed by atoms with Crippen molar-refractivity contribution in [1.82, 2.24) is 4.90 Å². The summed E-state index contributed by atoms with van der Waals surface area (Å²) in [7, 11) is 3.46. The Morgan fingerprint density at radius 1 is 1.57 bits per heavy atom. The Kier molecular flexibility index (Phi) is 3.90. The van der Waals surface area contributed by atoms with E-state index in [4.69, 9.17) is 10.00 Å². The van der Waals surface area contributed by atoms with Gasteiger partial charge in [-0.15, -0.1) is 0 Å². The molecule has 1 aliphatic heterocycles. The molecule has 0 bridgehead atoms. The summed E-state index contributed by atoms with van der Waals surface area (Å²) in [6.07, 6.45) is 1.89. The lowest BCUT2D eigenvalue weighted by Crippen LogP contribution is -2.39. The molecule has 0 aliphatic carbocycles. The average Bonchev–Trinajstić information content (AvgIpc) is 2.18. The molecule has 2 unspecified atom stereocenters. The van der Waals surface area contributed by atoms with Crippen LogP contribution >= 0.6 is 0 Å². The topological polar surface area (TPSA) is 53.3 Å². The summed E-state index contributed by atoms with van der Waals surface area (Å²) < 4.78 is 5.42. The summed E-state index contributed by atoms with van der Waals surface area (Å²) in [5.74, 6) is 0.339. The molecule has 0 N–H and O–H groups in total. The standard InChI is InChI=1S/C10H16N2O2/c1-12(2)10(13)9-4-3-8(5-6-11)7-14-9/h8-9H,3-5,7H2,1-2H3. The second-order valence-corrected chi connectivity index (χ2v) is 3.86. The van der Waals surface area contributed by atoms with Crippen LogP contribution in [0.15, 0.2) is 0 Å². The van der Waals surface area contributed by atoms with Crippen LogP contribution in [-0.4, -0.2) is 37.6 Å². The van der Waals surface area contributed by atoms with E-state index in [1.54, 1.807) is 19.0 Å². The predicted molar refractivity (Wildman–Crippen MR) is 51.4 cm³/mol. The average molecular weight is 196 g/mol. The van der Waals surface area contributed by atoms with Crippen LogP contribution in [0.25, 0.3) is 0 Å². The van der Waals surface area contributed by atoms with Gasteiger partial charge in [-0.25, -0.2) is 0 Å². The molecule has 4 nitrogen and oxygen atoms in total. The Morgan fingerprint density at radius 3 is 2.71 bits per heavy atom. The number of nitriles is 1. The van der Waals surface area contributed by atoms with Gasteiger partial charge < -0.3 is 9.64 Å². The van der Waals surface area contributed by atoms with Crippen LogP contribution < -0.4 is 0 Å². The molecule has 1 heterocycles. The van der Waals surface area contributed by atoms with Crippen molar-refractivity contribution in [2.24, 2.45) is 5.92 Å². The lowest BCUT2D eigenvalue weighted by Gasteiger charge is -2.28. The van der Waals surface area contributed by atoms with Crippen molar-refractivity contribution in [1.29, 1.82) is 5.26 Å². The van der Waals surface area contributed by atoms with Gasteiger partial charge in [0.1, 0.15) is 6.10 Å². The van der Waals surface area contributed by atoms with Crippen molar-refractivity contribution in [2.45, 2.75) is 25.4 Å². The third kappa shape index (κ3) is 2.71. The molecule has 0 radical (unpaired) electrons. The first-order valence-electron chi connectivity index (χ1n) is 4.85. The van der Waals surface area contributed by atoms with Gasteiger partial charge in [-0.3, -0.25) is 4.79 Å². The maximum atomic E-state index is 11.5. The molecule has 14 heavy (non-hydrogen) atoms. The van der Waals surface area contributed by atoms with E-state index in [0.29, 0.717) is 18.9 Å². The molecule has 0 aromatic heterocycles. The van der Waals surface area contributed by atoms with Gasteiger partial charge in [0.05, 0.1) is 12.7 Å². The predicted octanol–water partition coefficient (Wildman–Crippen LogP) is 0.783. The summed E-state index contributed by atoms with van der Waals surface area (Å²) in [5.41, 5.74) is 0. The Labute approximate surface area is 84.4 Å². The van der Waals surface area contributed by atoms with E-state index in [9.17, 15) is 4.79 Å². The van der Waals surface area contributed by atoms with E-state index in [0.717, 1.165) is 12.8 Å². The summed E-state index contributed by atoms with van der Waals surface area (Å²) in [5, 5.41) is 8.50. The SMILES string of the molecule is CN(C)C(=O)C1CCC(CC#N)CO1. The second kappa shape index (κ2) is 4.97. The largest absolute Gasteiger partial charge is 0.368 e. The van der Waals surface area contributed by atoms with Crippen LogP contribution in [0.3, 0.4) is 0 Å². The zero-order valence-corrected chi connectivity index (χ0v) is 8.69. The zero-order chi connectivity index (χ0) is 10.6. The monoisotopic (exact) mass is 196 g/mol. The molecule has 2 atom stereocenters. The van der Waals surface area contributed by atoms with E-state index in [1.807, 2.05) is 0 Å². The van der Waals surface area contributed by atoms with Gasteiger partial charge in [-0.1, -0.05) is 0 Å². The number of nitrogens with zero attached hydrogens (tertiary/aromatic N) is 2. The van der Waals surface area contributed by atoms with Crippen molar-refractivity contribution in [2.75, 3.05) is 20.7 Å². The molecule has 1 rings (SSSR count). The smallest absolute Gasteiger partial charge is 0.251 e. The normalized spacial score (nSPS) is 26.6. The van der Waals surface area contributed by atoms with E-state index in [2.05, 4.69) is 6.07 Å². The fourth-order valence-corrected chi connectivity index (χ4v) is 1.58. The molecular weight excluding hydrogens is 180 g/mol. The lowest BCUT2D eigenvalue weighted by molar-refractivity contribution is -0.145. The van der Waals surface area contributed by atoms with E-state index >= 15 is 0 Å². The van der Waals surface area contributed by atoms with Gasteiger partial charge in [-0.05, 0) is 18.8 Å². The summed E-state index contributed by atoms with van der Waals surface area (Å²) >= 11 is 0. The molecule has 4 heteroatoms. The first-order valence-corrected chi connectivity index (χ1v) is 4.85. The number of hydrogen-bond donors (Lipinski definition) is 0. The lowest BCUT2D eigenvalue weighted by atomic mass is 9.95. The zero-order valence-electron chi connectivity index (χ0n) is 8.69. The van der Waals surface area contributed by atoms with Crippen LogP contribution in [0, 0.1) is 17.2 Å². The minimum atomic E-state index is -0.292. The van der Waals surface area contributed by atoms with Crippen molar-refractivity contribution in [3.05, 3.63) is 0 Å². The maximum absolute atomic E-state index is 11.5. The molecule has 0 saturated carbocycles. The van der Waals surface area contributed by atoms with Crippen LogP contribution in [0.2, 0.25) is 0 Å². The molecular formula is C10H16N2O2. The number of hydrogen-bond acceptors (Lipinski definition) is 3. The van der Waals surface area contributed by atoms with Gasteiger partial charge in [0.2, 0.25) is 0 Å². The van der Waals surface area contributed by atoms with E-state index < -0.39 is 0 Å². The molecule has 1 amide bonds. The first-order chi connectivity index (χ1) is 6.65. The molecule has 1 saturated heterocycles. The van der Waals surface area contributed by atoms with Crippen molar-refractivity contribution in [3.63, 3.8) is 0 Å². The molecule has 0 aromatic rings. The molecule has 1 aliphatic rings. The van der Waals surface area contributed by atoms with E-state index in [1.165, 1.54) is 0 Å². The fourth-order valence-electron chi connectivity index (χ4n) is 1.58. The number of rotatable bonds is 2. The first kappa shape index (κ1) is 11.0. The number of likely N-dealkylation sites (N-methyl/N-ethyl adjacent to an activating group) is 1. The van der Waals surface area contributed by atoms with Gasteiger partial charge >= 0.3 is 0 Å². The minimum absolute atomic E-state index is 0.0282. The summed E-state index contributed by atoms with van der Waals surface area (Å²) in [6.45, 7) is 0.539. The summed E-state index contributed by atoms with van der Waals surface area (Å²) in [6, 6.07) is 2.13. The summed E-state index contributed by atoms with van der Waals surface area (Å²) in [4.78, 5) is 13.0. The van der Waals surface area contributed by atoms with Gasteiger partial charge in [0.25, 0.3) is 5.91 Å². The van der Waals surface area contributed by atoms with Gasteiger partial charge in [0, 0.05) is 20.5 Å². The second-order valence-electron chi connectivity index (χ2n) is 3.86. The van der Waals surface area contributed by atoms with Crippen LogP contribution in [0.4, 0.5) is 0 Å². The molecule has 0 spiro atoms. The van der Waals surface area contributed by atoms with Gasteiger partial charge in [-0.2, -0.15) is 5.26 Å². The number of carbonyl (C=O) groups is 1. The Morgan fingerprint density at radius 2 is 2.29 bits per heavy atom. The molecule has 78 valence electrons. The quantitative estimate of drug-likeness (QED) is 0.656. The third-order valence-electron chi connectivity index (χ3n) is 2.47. The third-order valence-corrected chi connectivity index (χ3v) is 2.47. The highest BCUT2D eigenvalue weighted by Crippen LogP contribution is 2.21. The van der Waals surface area contributed by atoms with Crippen LogP contribution in [-0.2, 0) is 9.53 Å². The van der Waals surface area contributed by atoms with Crippen molar-refractivity contribution < 1.29 is 9.53 Å². The number of carbonyl (C=O) groups excluding carboxylic acids is 1. The number of amides is 1. The Hall–Kier alpha value is -1.08. The van der Waals surface area contributed by atoms with Crippen LogP contribution in [0.5, 0.6) is 0 Å². The Bertz CT molecular complexity index is 237. The van der Waals surface area contributed by atoms with Crippen molar-refractivity contribution >= 4 is 5.91 Å². The highest BCUT2D eigenvalue weighted by Gasteiger charge is 2.27. The fraction of sp³-hybridized carbons (Fsp3) is 0.800. The van der Waals surface area contributed by atoms with E-state index in [-0.39, 0.29) is 12.0 Å².